The third kappa shape index (κ3) is 8.23. The lowest BCUT2D eigenvalue weighted by molar-refractivity contribution is -0.183. The number of aromatic nitrogens is 2. The Morgan fingerprint density at radius 3 is 2.09 bits per heavy atom. The number of methoxy groups -OCH3 is 1. The summed E-state index contributed by atoms with van der Waals surface area (Å²) in [6, 6.07) is -0.0675. The topological polar surface area (TPSA) is 188 Å². The molecule has 0 aliphatic carbocycles. The van der Waals surface area contributed by atoms with Crippen molar-refractivity contribution in [2.75, 3.05) is 19.5 Å². The normalized spacial score (nSPS) is 13.5. The molecular formula is C19H26N4O10. The molecule has 1 aromatic rings. The second-order valence-electron chi connectivity index (χ2n) is 6.57. The van der Waals surface area contributed by atoms with Crippen LogP contribution in [0.3, 0.4) is 0 Å². The minimum atomic E-state index is -1.49. The zero-order valence-corrected chi connectivity index (χ0v) is 19.0. The van der Waals surface area contributed by atoms with Crippen LogP contribution in [-0.2, 0) is 45.2 Å². The van der Waals surface area contributed by atoms with Gasteiger partial charge in [0.1, 0.15) is 6.61 Å². The monoisotopic (exact) mass is 470 g/mol. The predicted octanol–water partition coefficient (Wildman–Crippen LogP) is -0.568. The first-order valence-corrected chi connectivity index (χ1v) is 9.47. The van der Waals surface area contributed by atoms with E-state index in [-0.39, 0.29) is 17.5 Å². The zero-order valence-electron chi connectivity index (χ0n) is 19.0. The smallest absolute Gasteiger partial charge is 0.303 e. The first-order chi connectivity index (χ1) is 15.4. The molecule has 3 atom stereocenters. The first-order valence-electron chi connectivity index (χ1n) is 9.47. The van der Waals surface area contributed by atoms with Crippen molar-refractivity contribution in [1.82, 2.24) is 9.55 Å². The van der Waals surface area contributed by atoms with E-state index >= 15 is 0 Å². The summed E-state index contributed by atoms with van der Waals surface area (Å²) < 4.78 is 26.3. The second kappa shape index (κ2) is 12.2. The van der Waals surface area contributed by atoms with Crippen LogP contribution in [0, 0.1) is 0 Å². The van der Waals surface area contributed by atoms with Gasteiger partial charge in [0.15, 0.2) is 29.8 Å². The summed E-state index contributed by atoms with van der Waals surface area (Å²) in [6.07, 6.45) is -3.38. The molecule has 14 nitrogen and oxygen atoms in total. The Balaban J connectivity index is 3.50. The zero-order chi connectivity index (χ0) is 25.3. The van der Waals surface area contributed by atoms with Crippen molar-refractivity contribution in [3.63, 3.8) is 0 Å². The highest BCUT2D eigenvalue weighted by Gasteiger charge is 2.37. The molecular weight excluding hydrogens is 444 g/mol. The van der Waals surface area contributed by atoms with Gasteiger partial charge in [-0.15, -0.1) is 0 Å². The predicted molar refractivity (Wildman–Crippen MR) is 112 cm³/mol. The van der Waals surface area contributed by atoms with Gasteiger partial charge in [0.25, 0.3) is 5.56 Å². The highest BCUT2D eigenvalue weighted by Crippen LogP contribution is 2.19. The van der Waals surface area contributed by atoms with E-state index in [4.69, 9.17) is 29.4 Å². The number of hydrogen-bond donors (Lipinski definition) is 1. The highest BCUT2D eigenvalue weighted by atomic mass is 16.6. The Morgan fingerprint density at radius 2 is 1.61 bits per heavy atom. The summed E-state index contributed by atoms with van der Waals surface area (Å²) in [5.41, 5.74) is 4.78. The average molecular weight is 470 g/mol. The van der Waals surface area contributed by atoms with Crippen LogP contribution in [0.25, 0.3) is 0 Å². The van der Waals surface area contributed by atoms with Gasteiger partial charge in [0, 0.05) is 41.0 Å². The summed E-state index contributed by atoms with van der Waals surface area (Å²) >= 11 is 0. The Hall–Kier alpha value is -3.97. The molecule has 0 aromatic carbocycles. The first kappa shape index (κ1) is 27.1. The minimum Gasteiger partial charge on any atom is -0.468 e. The van der Waals surface area contributed by atoms with Crippen molar-refractivity contribution < 1.29 is 42.9 Å². The molecule has 1 aromatic heterocycles. The quantitative estimate of drug-likeness (QED) is 0.261. The van der Waals surface area contributed by atoms with E-state index < -0.39 is 54.4 Å². The molecule has 0 aliphatic rings. The SMILES string of the molecule is COc1nc(N)c(N=C[C@H](OC(C)=O)[C@@H](OC(C)=O)[C@H](COC(C)=O)OC(C)=O)c(=O)n1C. The standard InChI is InChI=1S/C19H26N4O10/c1-9(24)30-8-14(32-11(3)26)16(33-12(4)27)13(31-10(2)25)7-21-15-17(20)22-19(29-6)23(5)18(15)28/h7,13-14,16H,8,20H2,1-6H3/t13-,14-,16+/m0/s1. The molecule has 33 heavy (non-hydrogen) atoms. The maximum Gasteiger partial charge on any atom is 0.303 e. The van der Waals surface area contributed by atoms with E-state index in [0.29, 0.717) is 0 Å². The summed E-state index contributed by atoms with van der Waals surface area (Å²) in [5, 5.41) is 0. The van der Waals surface area contributed by atoms with Crippen LogP contribution in [-0.4, -0.2) is 71.7 Å². The molecule has 1 heterocycles. The lowest BCUT2D eigenvalue weighted by Gasteiger charge is -2.29. The molecule has 1 rings (SSSR count). The van der Waals surface area contributed by atoms with Gasteiger partial charge in [0.2, 0.25) is 0 Å². The fourth-order valence-corrected chi connectivity index (χ4v) is 2.57. The molecule has 0 fully saturated rings. The van der Waals surface area contributed by atoms with Crippen LogP contribution in [0.4, 0.5) is 11.5 Å². The molecule has 0 spiro atoms. The Bertz CT molecular complexity index is 988. The second-order valence-corrected chi connectivity index (χ2v) is 6.57. The third-order valence-electron chi connectivity index (χ3n) is 3.85. The van der Waals surface area contributed by atoms with Crippen LogP contribution in [0.1, 0.15) is 27.7 Å². The lowest BCUT2D eigenvalue weighted by Crippen LogP contribution is -2.48. The number of esters is 4. The van der Waals surface area contributed by atoms with E-state index in [9.17, 15) is 24.0 Å². The van der Waals surface area contributed by atoms with Gasteiger partial charge in [-0.25, -0.2) is 4.99 Å². The van der Waals surface area contributed by atoms with E-state index in [2.05, 4.69) is 9.98 Å². The summed E-state index contributed by atoms with van der Waals surface area (Å²) in [6.45, 7) is 3.81. The minimum absolute atomic E-state index is 0.0675. The van der Waals surface area contributed by atoms with Gasteiger partial charge >= 0.3 is 29.9 Å². The van der Waals surface area contributed by atoms with Gasteiger partial charge in [0.05, 0.1) is 7.11 Å². The van der Waals surface area contributed by atoms with Gasteiger partial charge < -0.3 is 29.4 Å². The number of hydrogen-bond acceptors (Lipinski definition) is 13. The molecule has 14 heteroatoms. The summed E-state index contributed by atoms with van der Waals surface area (Å²) in [5.74, 6) is -3.42. The van der Waals surface area contributed by atoms with E-state index in [1.54, 1.807) is 0 Å². The maximum atomic E-state index is 12.5. The molecule has 0 saturated heterocycles. The molecule has 0 radical (unpaired) electrons. The summed E-state index contributed by atoms with van der Waals surface area (Å²) in [7, 11) is 2.66. The number of ether oxygens (including phenoxy) is 5. The van der Waals surface area contributed by atoms with E-state index in [1.807, 2.05) is 0 Å². The van der Waals surface area contributed by atoms with Gasteiger partial charge in [-0.1, -0.05) is 0 Å². The Morgan fingerprint density at radius 1 is 1.03 bits per heavy atom. The third-order valence-corrected chi connectivity index (χ3v) is 3.85. The van der Waals surface area contributed by atoms with Gasteiger partial charge in [-0.2, -0.15) is 4.98 Å². The molecule has 0 bridgehead atoms. The van der Waals surface area contributed by atoms with E-state index in [0.717, 1.165) is 38.5 Å². The van der Waals surface area contributed by atoms with Crippen molar-refractivity contribution in [2.45, 2.75) is 46.0 Å². The van der Waals surface area contributed by atoms with Crippen LogP contribution >= 0.6 is 0 Å². The number of aliphatic imine (C=N–C) groups is 1. The molecule has 0 amide bonds. The number of nitrogens with two attached hydrogens (primary N) is 1. The summed E-state index contributed by atoms with van der Waals surface area (Å²) in [4.78, 5) is 66.6. The Labute approximate surface area is 188 Å². The number of anilines is 1. The highest BCUT2D eigenvalue weighted by molar-refractivity contribution is 5.77. The molecule has 0 unspecified atom stereocenters. The molecule has 0 saturated carbocycles. The van der Waals surface area contributed by atoms with Crippen molar-refractivity contribution in [3.05, 3.63) is 10.4 Å². The van der Waals surface area contributed by atoms with Crippen LogP contribution in [0.2, 0.25) is 0 Å². The van der Waals surface area contributed by atoms with Crippen LogP contribution in [0.15, 0.2) is 9.79 Å². The van der Waals surface area contributed by atoms with Crippen molar-refractivity contribution in [1.29, 1.82) is 0 Å². The molecule has 182 valence electrons. The fourth-order valence-electron chi connectivity index (χ4n) is 2.57. The number of nitrogen functional groups attached to an aromatic ring is 1. The maximum absolute atomic E-state index is 12.5. The molecule has 2 N–H and O–H groups in total. The van der Waals surface area contributed by atoms with Crippen LogP contribution < -0.4 is 16.0 Å². The Kier molecular flexibility index (Phi) is 9.98. The van der Waals surface area contributed by atoms with Crippen molar-refractivity contribution in [3.8, 4) is 6.01 Å². The van der Waals surface area contributed by atoms with Crippen molar-refractivity contribution >= 4 is 41.6 Å². The van der Waals surface area contributed by atoms with Crippen molar-refractivity contribution in [2.24, 2.45) is 12.0 Å². The average Bonchev–Trinajstić information content (AvgIpc) is 2.70. The molecule has 0 aliphatic heterocycles. The van der Waals surface area contributed by atoms with Gasteiger partial charge in [-0.3, -0.25) is 28.5 Å². The van der Waals surface area contributed by atoms with Crippen LogP contribution in [0.5, 0.6) is 6.01 Å². The number of rotatable bonds is 10. The largest absolute Gasteiger partial charge is 0.468 e. The lowest BCUT2D eigenvalue weighted by atomic mass is 10.1. The number of nitrogens with zero attached hydrogens (tertiary/aromatic N) is 3. The number of carbonyl (C=O) groups excluding carboxylic acids is 4. The number of carbonyl (C=O) groups is 4. The van der Waals surface area contributed by atoms with E-state index in [1.165, 1.54) is 14.2 Å². The van der Waals surface area contributed by atoms with Gasteiger partial charge in [-0.05, 0) is 0 Å². The fraction of sp³-hybridized carbons (Fsp3) is 0.526.